The van der Waals surface area contributed by atoms with Crippen molar-refractivity contribution in [1.29, 1.82) is 0 Å². The topological polar surface area (TPSA) is 72.8 Å². The van der Waals surface area contributed by atoms with Crippen LogP contribution in [0, 0.1) is 0 Å². The Morgan fingerprint density at radius 2 is 1.76 bits per heavy atom. The largest absolute Gasteiger partial charge is 0.481 e. The molecule has 0 aliphatic carbocycles. The van der Waals surface area contributed by atoms with Crippen LogP contribution >= 0.6 is 0 Å². The zero-order valence-electron chi connectivity index (χ0n) is 10.6. The van der Waals surface area contributed by atoms with Gasteiger partial charge in [-0.3, -0.25) is 9.59 Å². The fourth-order valence-electron chi connectivity index (χ4n) is 0.857. The van der Waals surface area contributed by atoms with Gasteiger partial charge in [-0.2, -0.15) is 0 Å². The first kappa shape index (κ1) is 18.0. The summed E-state index contributed by atoms with van der Waals surface area (Å²) in [7, 11) is 1.53. The molecule has 0 saturated heterocycles. The average molecular weight is 246 g/mol. The van der Waals surface area contributed by atoms with E-state index in [4.69, 9.17) is 14.6 Å². The first-order chi connectivity index (χ1) is 8.08. The molecule has 0 aromatic carbocycles. The summed E-state index contributed by atoms with van der Waals surface area (Å²) in [5.74, 6) is -1.13. The van der Waals surface area contributed by atoms with Gasteiger partial charge < -0.3 is 14.6 Å². The highest BCUT2D eigenvalue weighted by atomic mass is 16.6. The number of unbranched alkanes of at least 4 members (excludes halogenated alkanes) is 1. The number of carbonyl (C=O) groups is 2. The third kappa shape index (κ3) is 20.7. The number of allylic oxidation sites excluding steroid dienone is 1. The highest BCUT2D eigenvalue weighted by molar-refractivity contribution is 5.69. The summed E-state index contributed by atoms with van der Waals surface area (Å²) in [5, 5.41) is 8.32. The summed E-state index contributed by atoms with van der Waals surface area (Å²) in [4.78, 5) is 21.1. The first-order valence-electron chi connectivity index (χ1n) is 5.51. The van der Waals surface area contributed by atoms with Crippen molar-refractivity contribution in [2.45, 2.75) is 32.6 Å². The normalized spacial score (nSPS) is 8.82. The van der Waals surface area contributed by atoms with E-state index in [0.29, 0.717) is 19.4 Å². The Morgan fingerprint density at radius 1 is 1.24 bits per heavy atom. The van der Waals surface area contributed by atoms with E-state index in [0.717, 1.165) is 0 Å². The van der Waals surface area contributed by atoms with E-state index in [1.54, 1.807) is 6.08 Å². The zero-order valence-corrected chi connectivity index (χ0v) is 10.6. The van der Waals surface area contributed by atoms with Crippen LogP contribution in [0.25, 0.3) is 0 Å². The van der Waals surface area contributed by atoms with Crippen molar-refractivity contribution >= 4 is 11.9 Å². The number of hydrogen-bond acceptors (Lipinski definition) is 4. The summed E-state index contributed by atoms with van der Waals surface area (Å²) >= 11 is 0. The number of esters is 1. The average Bonchev–Trinajstić information content (AvgIpc) is 2.26. The molecule has 0 aromatic rings. The molecule has 1 N–H and O–H groups in total. The Hall–Kier alpha value is -1.36. The Labute approximate surface area is 102 Å². The maximum absolute atomic E-state index is 10.9. The summed E-state index contributed by atoms with van der Waals surface area (Å²) in [6.07, 6.45) is 3.19. The maximum atomic E-state index is 10.9. The molecule has 0 rings (SSSR count). The van der Waals surface area contributed by atoms with Crippen molar-refractivity contribution in [3.63, 3.8) is 0 Å². The molecule has 0 aromatic heterocycles. The molecular formula is C12H22O5. The van der Waals surface area contributed by atoms with Crippen molar-refractivity contribution in [3.05, 3.63) is 12.7 Å². The molecule has 0 amide bonds. The molecular weight excluding hydrogens is 224 g/mol. The summed E-state index contributed by atoms with van der Waals surface area (Å²) in [5.41, 5.74) is 0. The second-order valence-corrected chi connectivity index (χ2v) is 3.22. The SMILES string of the molecule is C=CC.COCCOC(=O)CCCCC(=O)O. The second-order valence-electron chi connectivity index (χ2n) is 3.22. The predicted octanol–water partition coefficient (Wildman–Crippen LogP) is 2.01. The lowest BCUT2D eigenvalue weighted by atomic mass is 10.2. The Bertz CT molecular complexity index is 213. The molecule has 0 aliphatic rings. The molecule has 0 fully saturated rings. The van der Waals surface area contributed by atoms with Gasteiger partial charge in [-0.25, -0.2) is 0 Å². The standard InChI is InChI=1S/C9H16O5.C3H6/c1-13-6-7-14-9(12)5-3-2-4-8(10)11;1-3-2/h2-7H2,1H3,(H,10,11);3H,1H2,2H3. The van der Waals surface area contributed by atoms with Crippen LogP contribution in [0.5, 0.6) is 0 Å². The van der Waals surface area contributed by atoms with Gasteiger partial charge in [-0.15, -0.1) is 6.58 Å². The third-order valence-corrected chi connectivity index (χ3v) is 1.57. The molecule has 0 saturated carbocycles. The van der Waals surface area contributed by atoms with Gasteiger partial charge in [0.05, 0.1) is 6.61 Å². The number of ether oxygens (including phenoxy) is 2. The molecule has 0 unspecified atom stereocenters. The third-order valence-electron chi connectivity index (χ3n) is 1.57. The lowest BCUT2D eigenvalue weighted by Crippen LogP contribution is -2.09. The Kier molecular flexibility index (Phi) is 15.5. The van der Waals surface area contributed by atoms with Gasteiger partial charge in [0.1, 0.15) is 6.61 Å². The van der Waals surface area contributed by atoms with Crippen LogP contribution in [-0.4, -0.2) is 37.4 Å². The summed E-state index contributed by atoms with van der Waals surface area (Å²) in [6, 6.07) is 0. The van der Waals surface area contributed by atoms with E-state index in [-0.39, 0.29) is 25.4 Å². The van der Waals surface area contributed by atoms with Crippen LogP contribution in [0.15, 0.2) is 12.7 Å². The van der Waals surface area contributed by atoms with E-state index >= 15 is 0 Å². The van der Waals surface area contributed by atoms with Gasteiger partial charge in [-0.1, -0.05) is 6.08 Å². The maximum Gasteiger partial charge on any atom is 0.305 e. The minimum atomic E-state index is -0.835. The number of carbonyl (C=O) groups excluding carboxylic acids is 1. The van der Waals surface area contributed by atoms with E-state index in [1.165, 1.54) is 7.11 Å². The molecule has 0 radical (unpaired) electrons. The van der Waals surface area contributed by atoms with Crippen LogP contribution in [0.4, 0.5) is 0 Å². The number of carboxylic acid groups (broad SMARTS) is 1. The van der Waals surface area contributed by atoms with Gasteiger partial charge in [0.25, 0.3) is 0 Å². The number of methoxy groups -OCH3 is 1. The smallest absolute Gasteiger partial charge is 0.305 e. The predicted molar refractivity (Wildman–Crippen MR) is 64.8 cm³/mol. The van der Waals surface area contributed by atoms with E-state index in [1.807, 2.05) is 6.92 Å². The first-order valence-corrected chi connectivity index (χ1v) is 5.51. The molecule has 5 heteroatoms. The molecule has 0 atom stereocenters. The van der Waals surface area contributed by atoms with E-state index in [2.05, 4.69) is 6.58 Å². The molecule has 100 valence electrons. The summed E-state index contributed by atoms with van der Waals surface area (Å²) < 4.78 is 9.47. The van der Waals surface area contributed by atoms with E-state index in [9.17, 15) is 9.59 Å². The van der Waals surface area contributed by atoms with Gasteiger partial charge in [-0.05, 0) is 19.8 Å². The second kappa shape index (κ2) is 14.6. The van der Waals surface area contributed by atoms with E-state index < -0.39 is 5.97 Å². The molecule has 5 nitrogen and oxygen atoms in total. The lowest BCUT2D eigenvalue weighted by Gasteiger charge is -2.02. The molecule has 17 heavy (non-hydrogen) atoms. The fourth-order valence-corrected chi connectivity index (χ4v) is 0.857. The van der Waals surface area contributed by atoms with Gasteiger partial charge in [0.2, 0.25) is 0 Å². The van der Waals surface area contributed by atoms with Gasteiger partial charge in [0, 0.05) is 20.0 Å². The monoisotopic (exact) mass is 246 g/mol. The molecule has 0 bridgehead atoms. The number of aliphatic carboxylic acids is 1. The van der Waals surface area contributed by atoms with Crippen LogP contribution in [-0.2, 0) is 19.1 Å². The summed E-state index contributed by atoms with van der Waals surface area (Å²) in [6.45, 7) is 5.90. The Morgan fingerprint density at radius 3 is 2.24 bits per heavy atom. The van der Waals surface area contributed by atoms with Crippen molar-refractivity contribution in [2.24, 2.45) is 0 Å². The zero-order chi connectivity index (χ0) is 13.5. The molecule has 0 spiro atoms. The Balaban J connectivity index is 0. The van der Waals surface area contributed by atoms with Crippen LogP contribution < -0.4 is 0 Å². The fraction of sp³-hybridized carbons (Fsp3) is 0.667. The number of rotatable bonds is 8. The van der Waals surface area contributed by atoms with Crippen LogP contribution in [0.2, 0.25) is 0 Å². The van der Waals surface area contributed by atoms with Crippen molar-refractivity contribution in [1.82, 2.24) is 0 Å². The van der Waals surface area contributed by atoms with Gasteiger partial charge in [0.15, 0.2) is 0 Å². The highest BCUT2D eigenvalue weighted by Gasteiger charge is 2.03. The van der Waals surface area contributed by atoms with Crippen LogP contribution in [0.3, 0.4) is 0 Å². The van der Waals surface area contributed by atoms with Crippen molar-refractivity contribution < 1.29 is 24.2 Å². The number of carboxylic acids is 1. The van der Waals surface area contributed by atoms with Crippen LogP contribution in [0.1, 0.15) is 32.6 Å². The quantitative estimate of drug-likeness (QED) is 0.403. The van der Waals surface area contributed by atoms with Crippen molar-refractivity contribution in [3.8, 4) is 0 Å². The molecule has 0 aliphatic heterocycles. The number of hydrogen-bond donors (Lipinski definition) is 1. The highest BCUT2D eigenvalue weighted by Crippen LogP contribution is 2.01. The lowest BCUT2D eigenvalue weighted by molar-refractivity contribution is -0.145. The van der Waals surface area contributed by atoms with Crippen molar-refractivity contribution in [2.75, 3.05) is 20.3 Å². The minimum absolute atomic E-state index is 0.103. The minimum Gasteiger partial charge on any atom is -0.481 e. The molecule has 0 heterocycles. The van der Waals surface area contributed by atoms with Gasteiger partial charge >= 0.3 is 11.9 Å².